The van der Waals surface area contributed by atoms with Gasteiger partial charge in [0.2, 0.25) is 0 Å². The van der Waals surface area contributed by atoms with Crippen LogP contribution in [0, 0.1) is 0 Å². The van der Waals surface area contributed by atoms with Crippen LogP contribution in [0.1, 0.15) is 59.3 Å². The average Bonchev–Trinajstić information content (AvgIpc) is 2.30. The highest BCUT2D eigenvalue weighted by atomic mass is 28.1. The molecular weight excluding hydrogens is 226 g/mol. The molecule has 0 aliphatic carbocycles. The Balaban J connectivity index is 3.95. The van der Waals surface area contributed by atoms with Crippen LogP contribution in [0.3, 0.4) is 0 Å². The number of rotatable bonds is 12. The minimum atomic E-state index is -0.292. The topological polar surface area (TPSA) is 36.1 Å². The molecule has 4 heteroatoms. The zero-order chi connectivity index (χ0) is 13.0. The molecule has 101 valence electrons. The lowest BCUT2D eigenvalue weighted by molar-refractivity contribution is 0.299. The van der Waals surface area contributed by atoms with Crippen molar-refractivity contribution >= 4 is 10.2 Å². The zero-order valence-electron chi connectivity index (χ0n) is 11.9. The highest BCUT2D eigenvalue weighted by Crippen LogP contribution is 1.95. The predicted molar refractivity (Wildman–Crippen MR) is 77.2 cm³/mol. The van der Waals surface area contributed by atoms with Crippen LogP contribution in [0.4, 0.5) is 0 Å². The van der Waals surface area contributed by atoms with Gasteiger partial charge in [0.15, 0.2) is 0 Å². The molecule has 0 aliphatic heterocycles. The first-order chi connectivity index (χ1) is 8.18. The summed E-state index contributed by atoms with van der Waals surface area (Å²) >= 11 is 0. The van der Waals surface area contributed by atoms with Crippen molar-refractivity contribution in [3.63, 3.8) is 0 Å². The van der Waals surface area contributed by atoms with E-state index in [-0.39, 0.29) is 5.41 Å². The van der Waals surface area contributed by atoms with Crippen LogP contribution in [0.25, 0.3) is 0 Å². The molecule has 0 saturated heterocycles. The van der Waals surface area contributed by atoms with E-state index in [4.69, 9.17) is 0 Å². The molecular formula is C13H30N3Si. The van der Waals surface area contributed by atoms with Crippen LogP contribution in [0.15, 0.2) is 0 Å². The van der Waals surface area contributed by atoms with Gasteiger partial charge in [-0.05, 0) is 38.9 Å². The fourth-order valence-electron chi connectivity index (χ4n) is 1.55. The maximum atomic E-state index is 3.80. The molecule has 0 bridgehead atoms. The van der Waals surface area contributed by atoms with Crippen molar-refractivity contribution in [2.24, 2.45) is 0 Å². The van der Waals surface area contributed by atoms with Gasteiger partial charge in [-0.2, -0.15) is 0 Å². The molecule has 0 fully saturated rings. The van der Waals surface area contributed by atoms with Gasteiger partial charge in [0, 0.05) is 0 Å². The van der Waals surface area contributed by atoms with E-state index in [0.29, 0.717) is 0 Å². The minimum absolute atomic E-state index is 0.292. The number of unbranched alkanes of at least 4 members (excludes halogenated alkanes) is 3. The van der Waals surface area contributed by atoms with Crippen LogP contribution < -0.4 is 16.0 Å². The second-order valence-corrected chi connectivity index (χ2v) is 5.34. The minimum Gasteiger partial charge on any atom is -0.291 e. The molecule has 0 aromatic carbocycles. The maximum absolute atomic E-state index is 3.80. The molecule has 0 rings (SSSR count). The summed E-state index contributed by atoms with van der Waals surface area (Å²) in [5.41, 5.74) is -0.292. The van der Waals surface area contributed by atoms with E-state index in [1.165, 1.54) is 38.5 Å². The fourth-order valence-corrected chi connectivity index (χ4v) is 1.92. The van der Waals surface area contributed by atoms with Gasteiger partial charge in [0.05, 0.1) is 15.7 Å². The summed E-state index contributed by atoms with van der Waals surface area (Å²) in [6.07, 6.45) is 7.28. The largest absolute Gasteiger partial charge is 0.291 e. The monoisotopic (exact) mass is 256 g/mol. The lowest BCUT2D eigenvalue weighted by atomic mass is 10.3. The van der Waals surface area contributed by atoms with Crippen LogP contribution in [0.5, 0.6) is 0 Å². The van der Waals surface area contributed by atoms with E-state index in [9.17, 15) is 0 Å². The third-order valence-electron chi connectivity index (χ3n) is 2.76. The lowest BCUT2D eigenvalue weighted by Gasteiger charge is -2.34. The summed E-state index contributed by atoms with van der Waals surface area (Å²) in [4.78, 5) is 0. The molecule has 3 nitrogen and oxygen atoms in total. The van der Waals surface area contributed by atoms with Crippen molar-refractivity contribution in [1.29, 1.82) is 0 Å². The normalized spacial score (nSPS) is 12.0. The molecule has 0 atom stereocenters. The van der Waals surface area contributed by atoms with Gasteiger partial charge in [0.1, 0.15) is 0 Å². The van der Waals surface area contributed by atoms with Crippen molar-refractivity contribution in [2.75, 3.05) is 19.6 Å². The quantitative estimate of drug-likeness (QED) is 0.284. The third-order valence-corrected chi connectivity index (χ3v) is 3.29. The Morgan fingerprint density at radius 1 is 0.706 bits per heavy atom. The molecule has 17 heavy (non-hydrogen) atoms. The van der Waals surface area contributed by atoms with Gasteiger partial charge in [0.25, 0.3) is 0 Å². The molecule has 0 heterocycles. The predicted octanol–water partition coefficient (Wildman–Crippen LogP) is 1.94. The van der Waals surface area contributed by atoms with Gasteiger partial charge >= 0.3 is 0 Å². The summed E-state index contributed by atoms with van der Waals surface area (Å²) in [6.45, 7) is 9.72. The maximum Gasteiger partial charge on any atom is 0.0999 e. The molecule has 3 radical (unpaired) electrons. The Labute approximate surface area is 111 Å². The van der Waals surface area contributed by atoms with Gasteiger partial charge < -0.3 is 0 Å². The first-order valence-electron chi connectivity index (χ1n) is 7.18. The molecule has 0 saturated carbocycles. The number of nitrogens with one attached hydrogen (secondary N) is 3. The van der Waals surface area contributed by atoms with E-state index >= 15 is 0 Å². The lowest BCUT2D eigenvalue weighted by Crippen LogP contribution is -2.67. The first-order valence-corrected chi connectivity index (χ1v) is 7.68. The first kappa shape index (κ1) is 17.1. The molecule has 0 spiro atoms. The van der Waals surface area contributed by atoms with Crippen molar-refractivity contribution in [1.82, 2.24) is 16.0 Å². The van der Waals surface area contributed by atoms with Crippen LogP contribution in [-0.2, 0) is 0 Å². The smallest absolute Gasteiger partial charge is 0.0999 e. The summed E-state index contributed by atoms with van der Waals surface area (Å²) in [7, 11) is 3.80. The molecule has 0 amide bonds. The van der Waals surface area contributed by atoms with E-state index in [1.54, 1.807) is 0 Å². The van der Waals surface area contributed by atoms with Crippen molar-refractivity contribution < 1.29 is 0 Å². The summed E-state index contributed by atoms with van der Waals surface area (Å²) in [5, 5.41) is 10.5. The molecule has 0 aromatic heterocycles. The number of hydrogen-bond donors (Lipinski definition) is 3. The van der Waals surface area contributed by atoms with Gasteiger partial charge in [-0.25, -0.2) is 0 Å². The summed E-state index contributed by atoms with van der Waals surface area (Å²) in [6, 6.07) is 0. The van der Waals surface area contributed by atoms with E-state index in [2.05, 4.69) is 47.0 Å². The highest BCUT2D eigenvalue weighted by molar-refractivity contribution is 6.14. The Bertz CT molecular complexity index is 138. The summed E-state index contributed by atoms with van der Waals surface area (Å²) in [5.74, 6) is 0. The van der Waals surface area contributed by atoms with Crippen LogP contribution in [0.2, 0.25) is 0 Å². The molecule has 0 unspecified atom stereocenters. The zero-order valence-corrected chi connectivity index (χ0v) is 12.9. The van der Waals surface area contributed by atoms with Crippen LogP contribution >= 0.6 is 0 Å². The molecule has 3 N–H and O–H groups in total. The van der Waals surface area contributed by atoms with Crippen molar-refractivity contribution in [3.8, 4) is 0 Å². The Kier molecular flexibility index (Phi) is 11.3. The standard InChI is InChI=1S/C13H30N3Si/c1-4-7-10-14-13(17,15-11-8-5-2)16-12-9-6-3/h14-16H,4-12H2,1-3H3. The number of hydrogen-bond acceptors (Lipinski definition) is 3. The fraction of sp³-hybridized carbons (Fsp3) is 1.00. The van der Waals surface area contributed by atoms with Crippen LogP contribution in [-0.4, -0.2) is 35.3 Å². The second kappa shape index (κ2) is 11.2. The van der Waals surface area contributed by atoms with Gasteiger partial charge in [-0.3, -0.25) is 16.0 Å². The highest BCUT2D eigenvalue weighted by Gasteiger charge is 2.20. The van der Waals surface area contributed by atoms with Gasteiger partial charge in [-0.15, -0.1) is 0 Å². The second-order valence-electron chi connectivity index (χ2n) is 4.59. The van der Waals surface area contributed by atoms with E-state index in [0.717, 1.165) is 19.6 Å². The van der Waals surface area contributed by atoms with Crippen molar-refractivity contribution in [3.05, 3.63) is 0 Å². The van der Waals surface area contributed by atoms with E-state index in [1.807, 2.05) is 0 Å². The van der Waals surface area contributed by atoms with E-state index < -0.39 is 0 Å². The molecule has 0 aliphatic rings. The summed E-state index contributed by atoms with van der Waals surface area (Å²) < 4.78 is 0. The van der Waals surface area contributed by atoms with Gasteiger partial charge in [-0.1, -0.05) is 40.0 Å². The SMILES string of the molecule is CCCCNC([Si])(NCCCC)NCCCC. The Hall–Kier alpha value is 0.0969. The third kappa shape index (κ3) is 9.77. The Morgan fingerprint density at radius 3 is 1.24 bits per heavy atom. The molecule has 0 aromatic rings. The van der Waals surface area contributed by atoms with Crippen molar-refractivity contribution in [2.45, 2.75) is 64.7 Å². The Morgan fingerprint density at radius 2 is 1.00 bits per heavy atom. The average molecular weight is 256 g/mol.